The zero-order chi connectivity index (χ0) is 13.8. The fraction of sp³-hybridized carbons (Fsp3) is 0.786. The third kappa shape index (κ3) is 3.50. The van der Waals surface area contributed by atoms with Crippen LogP contribution in [0, 0.1) is 12.8 Å². The van der Waals surface area contributed by atoms with Gasteiger partial charge in [-0.05, 0) is 45.8 Å². The Balaban J connectivity index is 1.83. The summed E-state index contributed by atoms with van der Waals surface area (Å²) in [7, 11) is 0. The Morgan fingerprint density at radius 2 is 2.16 bits per heavy atom. The molecule has 1 unspecified atom stereocenters. The summed E-state index contributed by atoms with van der Waals surface area (Å²) >= 11 is 6.30. The normalized spacial score (nSPS) is 20.3. The van der Waals surface area contributed by atoms with Crippen molar-refractivity contribution in [2.75, 3.05) is 26.2 Å². The van der Waals surface area contributed by atoms with Gasteiger partial charge in [0.2, 0.25) is 0 Å². The van der Waals surface area contributed by atoms with E-state index in [-0.39, 0.29) is 0 Å². The van der Waals surface area contributed by atoms with Crippen LogP contribution in [0.4, 0.5) is 0 Å². The number of rotatable bonds is 6. The fourth-order valence-electron chi connectivity index (χ4n) is 2.80. The summed E-state index contributed by atoms with van der Waals surface area (Å²) in [5.74, 6) is 0.776. The number of nitrogens with one attached hydrogen (secondary N) is 1. The number of halogens is 1. The summed E-state index contributed by atoms with van der Waals surface area (Å²) in [5, 5.41) is 8.80. The first kappa shape index (κ1) is 14.8. The SMILES string of the molecule is CCN1CCC(CNCc2c(Cl)c(C)nn2CC)C1. The van der Waals surface area contributed by atoms with Crippen LogP contribution < -0.4 is 5.32 Å². The van der Waals surface area contributed by atoms with Gasteiger partial charge in [0, 0.05) is 19.6 Å². The minimum absolute atomic E-state index is 0.776. The number of hydrogen-bond acceptors (Lipinski definition) is 3. The summed E-state index contributed by atoms with van der Waals surface area (Å²) in [6, 6.07) is 0. The Kier molecular flexibility index (Phi) is 5.25. The van der Waals surface area contributed by atoms with Gasteiger partial charge in [-0.1, -0.05) is 18.5 Å². The minimum atomic E-state index is 0.776. The van der Waals surface area contributed by atoms with Gasteiger partial charge in [0.25, 0.3) is 0 Å². The van der Waals surface area contributed by atoms with Gasteiger partial charge in [0.1, 0.15) is 0 Å². The molecule has 0 spiro atoms. The molecule has 5 heteroatoms. The second-order valence-electron chi connectivity index (χ2n) is 5.34. The Bertz CT molecular complexity index is 416. The van der Waals surface area contributed by atoms with Crippen LogP contribution in [0.15, 0.2) is 0 Å². The molecule has 0 bridgehead atoms. The van der Waals surface area contributed by atoms with Crippen LogP contribution in [-0.4, -0.2) is 40.9 Å². The van der Waals surface area contributed by atoms with Crippen LogP contribution in [0.25, 0.3) is 0 Å². The Hall–Kier alpha value is -0.580. The van der Waals surface area contributed by atoms with Crippen molar-refractivity contribution in [1.82, 2.24) is 20.0 Å². The predicted octanol–water partition coefficient (Wildman–Crippen LogP) is 2.30. The molecule has 0 radical (unpaired) electrons. The lowest BCUT2D eigenvalue weighted by atomic mass is 10.1. The van der Waals surface area contributed by atoms with Crippen LogP contribution >= 0.6 is 11.6 Å². The third-order valence-electron chi connectivity index (χ3n) is 4.00. The molecule has 2 rings (SSSR count). The quantitative estimate of drug-likeness (QED) is 0.870. The van der Waals surface area contributed by atoms with Crippen molar-refractivity contribution in [3.8, 4) is 0 Å². The highest BCUT2D eigenvalue weighted by Crippen LogP contribution is 2.20. The highest BCUT2D eigenvalue weighted by Gasteiger charge is 2.21. The highest BCUT2D eigenvalue weighted by atomic mass is 35.5. The van der Waals surface area contributed by atoms with E-state index in [4.69, 9.17) is 11.6 Å². The molecule has 1 atom stereocenters. The van der Waals surface area contributed by atoms with Gasteiger partial charge >= 0.3 is 0 Å². The first-order chi connectivity index (χ1) is 9.15. The lowest BCUT2D eigenvalue weighted by molar-refractivity contribution is 0.338. The van der Waals surface area contributed by atoms with Crippen LogP contribution in [0.5, 0.6) is 0 Å². The van der Waals surface area contributed by atoms with Crippen molar-refractivity contribution in [3.63, 3.8) is 0 Å². The van der Waals surface area contributed by atoms with E-state index in [2.05, 4.69) is 29.2 Å². The molecule has 1 N–H and O–H groups in total. The first-order valence-corrected chi connectivity index (χ1v) is 7.68. The van der Waals surface area contributed by atoms with Gasteiger partial charge in [-0.2, -0.15) is 5.10 Å². The molecule has 2 heterocycles. The molecule has 1 fully saturated rings. The monoisotopic (exact) mass is 284 g/mol. The average Bonchev–Trinajstić information content (AvgIpc) is 2.98. The number of hydrogen-bond donors (Lipinski definition) is 1. The van der Waals surface area contributed by atoms with E-state index >= 15 is 0 Å². The van der Waals surface area contributed by atoms with Crippen molar-refractivity contribution in [1.29, 1.82) is 0 Å². The topological polar surface area (TPSA) is 33.1 Å². The Morgan fingerprint density at radius 1 is 1.37 bits per heavy atom. The maximum absolute atomic E-state index is 6.30. The van der Waals surface area contributed by atoms with Crippen molar-refractivity contribution in [3.05, 3.63) is 16.4 Å². The summed E-state index contributed by atoms with van der Waals surface area (Å²) < 4.78 is 2.00. The molecular weight excluding hydrogens is 260 g/mol. The van der Waals surface area contributed by atoms with Crippen molar-refractivity contribution in [2.45, 2.75) is 40.3 Å². The van der Waals surface area contributed by atoms with E-state index < -0.39 is 0 Å². The van der Waals surface area contributed by atoms with E-state index in [0.717, 1.165) is 42.0 Å². The Labute approximate surface area is 121 Å². The number of nitrogens with zero attached hydrogens (tertiary/aromatic N) is 3. The molecule has 1 aliphatic heterocycles. The Morgan fingerprint density at radius 3 is 2.79 bits per heavy atom. The van der Waals surface area contributed by atoms with Crippen LogP contribution in [-0.2, 0) is 13.1 Å². The van der Waals surface area contributed by atoms with Crippen LogP contribution in [0.3, 0.4) is 0 Å². The minimum Gasteiger partial charge on any atom is -0.311 e. The first-order valence-electron chi connectivity index (χ1n) is 7.30. The van der Waals surface area contributed by atoms with Gasteiger partial charge in [0.05, 0.1) is 16.4 Å². The van der Waals surface area contributed by atoms with Gasteiger partial charge < -0.3 is 10.2 Å². The molecule has 0 amide bonds. The standard InChI is InChI=1S/C14H25ClN4/c1-4-18-7-6-12(10-18)8-16-9-13-14(15)11(3)17-19(13)5-2/h12,16H,4-10H2,1-3H3. The lowest BCUT2D eigenvalue weighted by Gasteiger charge is -2.14. The lowest BCUT2D eigenvalue weighted by Crippen LogP contribution is -2.27. The number of aryl methyl sites for hydroxylation is 2. The summed E-state index contributed by atoms with van der Waals surface area (Å²) in [6.45, 7) is 12.7. The molecule has 1 aliphatic rings. The van der Waals surface area contributed by atoms with E-state index in [1.165, 1.54) is 26.1 Å². The van der Waals surface area contributed by atoms with Crippen molar-refractivity contribution < 1.29 is 0 Å². The van der Waals surface area contributed by atoms with E-state index in [9.17, 15) is 0 Å². The molecule has 0 aromatic carbocycles. The second kappa shape index (κ2) is 6.73. The zero-order valence-electron chi connectivity index (χ0n) is 12.2. The average molecular weight is 285 g/mol. The van der Waals surface area contributed by atoms with Gasteiger partial charge in [-0.15, -0.1) is 0 Å². The predicted molar refractivity (Wildman–Crippen MR) is 79.6 cm³/mol. The highest BCUT2D eigenvalue weighted by molar-refractivity contribution is 6.31. The van der Waals surface area contributed by atoms with E-state index in [1.807, 2.05) is 11.6 Å². The maximum Gasteiger partial charge on any atom is 0.0860 e. The molecule has 1 saturated heterocycles. The summed E-state index contributed by atoms with van der Waals surface area (Å²) in [4.78, 5) is 2.51. The molecule has 4 nitrogen and oxygen atoms in total. The number of aromatic nitrogens is 2. The van der Waals surface area contributed by atoms with Gasteiger partial charge in [-0.25, -0.2) is 0 Å². The molecule has 1 aromatic rings. The van der Waals surface area contributed by atoms with Crippen molar-refractivity contribution >= 4 is 11.6 Å². The van der Waals surface area contributed by atoms with Gasteiger partial charge in [-0.3, -0.25) is 4.68 Å². The van der Waals surface area contributed by atoms with Gasteiger partial charge in [0.15, 0.2) is 0 Å². The molecule has 0 aliphatic carbocycles. The summed E-state index contributed by atoms with van der Waals surface area (Å²) in [5.41, 5.74) is 2.05. The van der Waals surface area contributed by atoms with Crippen LogP contribution in [0.2, 0.25) is 5.02 Å². The number of likely N-dealkylation sites (tertiary alicyclic amines) is 1. The van der Waals surface area contributed by atoms with E-state index in [0.29, 0.717) is 0 Å². The zero-order valence-corrected chi connectivity index (χ0v) is 13.0. The smallest absolute Gasteiger partial charge is 0.0860 e. The largest absolute Gasteiger partial charge is 0.311 e. The van der Waals surface area contributed by atoms with Crippen molar-refractivity contribution in [2.24, 2.45) is 5.92 Å². The third-order valence-corrected chi connectivity index (χ3v) is 4.49. The molecule has 19 heavy (non-hydrogen) atoms. The van der Waals surface area contributed by atoms with Crippen LogP contribution in [0.1, 0.15) is 31.7 Å². The molecule has 108 valence electrons. The fourth-order valence-corrected chi connectivity index (χ4v) is 3.00. The molecular formula is C14H25ClN4. The molecule has 0 saturated carbocycles. The second-order valence-corrected chi connectivity index (χ2v) is 5.72. The maximum atomic E-state index is 6.30. The molecule has 1 aromatic heterocycles. The van der Waals surface area contributed by atoms with E-state index in [1.54, 1.807) is 0 Å². The summed E-state index contributed by atoms with van der Waals surface area (Å²) in [6.07, 6.45) is 1.31.